The molecule has 0 atom stereocenters. The number of urea groups is 1. The number of carbonyl (C=O) groups is 2. The number of rotatable bonds is 2. The lowest BCUT2D eigenvalue weighted by atomic mass is 10.0. The third-order valence-corrected chi connectivity index (χ3v) is 4.33. The highest BCUT2D eigenvalue weighted by atomic mass is 35.5. The molecule has 2 aromatic rings. The lowest BCUT2D eigenvalue weighted by Crippen LogP contribution is -2.38. The molecule has 2 amide bonds. The van der Waals surface area contributed by atoms with E-state index < -0.39 is 0 Å². The van der Waals surface area contributed by atoms with E-state index in [-0.39, 0.29) is 11.8 Å². The van der Waals surface area contributed by atoms with Gasteiger partial charge in [0.2, 0.25) is 0 Å². The molecule has 0 radical (unpaired) electrons. The number of nitrogens with one attached hydrogen (secondary N) is 1. The first-order valence-corrected chi connectivity index (χ1v) is 7.85. The lowest BCUT2D eigenvalue weighted by molar-refractivity contribution is 0.101. The minimum Gasteiger partial charge on any atom is -0.320 e. The molecule has 0 bridgehead atoms. The molecule has 0 aliphatic carbocycles. The molecule has 5 heteroatoms. The highest BCUT2D eigenvalue weighted by molar-refractivity contribution is 6.34. The summed E-state index contributed by atoms with van der Waals surface area (Å²) in [5, 5.41) is 3.19. The molecule has 4 nitrogen and oxygen atoms in total. The summed E-state index contributed by atoms with van der Waals surface area (Å²) in [6, 6.07) is 12.9. The van der Waals surface area contributed by atoms with E-state index in [0.29, 0.717) is 29.4 Å². The molecule has 2 aromatic carbocycles. The van der Waals surface area contributed by atoms with Gasteiger partial charge in [-0.3, -0.25) is 4.79 Å². The molecular formula is C18H17ClN2O2. The molecule has 1 N–H and O–H groups in total. The van der Waals surface area contributed by atoms with Crippen LogP contribution in [0.3, 0.4) is 0 Å². The number of carbonyl (C=O) groups excluding carboxylic acids is 2. The molecule has 23 heavy (non-hydrogen) atoms. The Hall–Kier alpha value is -2.33. The smallest absolute Gasteiger partial charge is 0.320 e. The van der Waals surface area contributed by atoms with Gasteiger partial charge in [0, 0.05) is 24.3 Å². The third kappa shape index (κ3) is 3.37. The van der Waals surface area contributed by atoms with Crippen LogP contribution in [0.5, 0.6) is 0 Å². The van der Waals surface area contributed by atoms with E-state index in [1.807, 2.05) is 18.2 Å². The molecule has 1 aliphatic rings. The summed E-state index contributed by atoms with van der Waals surface area (Å²) in [5.74, 6) is -0.0967. The summed E-state index contributed by atoms with van der Waals surface area (Å²) in [5.41, 5.74) is 3.52. The molecule has 1 aliphatic heterocycles. The zero-order valence-electron chi connectivity index (χ0n) is 12.8. The summed E-state index contributed by atoms with van der Waals surface area (Å²) < 4.78 is 0. The largest absolute Gasteiger partial charge is 0.322 e. The fourth-order valence-corrected chi connectivity index (χ4v) is 3.06. The van der Waals surface area contributed by atoms with Gasteiger partial charge in [-0.25, -0.2) is 4.79 Å². The number of benzene rings is 2. The van der Waals surface area contributed by atoms with Crippen molar-refractivity contribution >= 4 is 29.1 Å². The van der Waals surface area contributed by atoms with Gasteiger partial charge in [-0.05, 0) is 42.7 Å². The maximum absolute atomic E-state index is 12.4. The Morgan fingerprint density at radius 2 is 1.87 bits per heavy atom. The summed E-state index contributed by atoms with van der Waals surface area (Å²) in [6.45, 7) is 2.74. The van der Waals surface area contributed by atoms with Gasteiger partial charge in [0.05, 0.1) is 5.02 Å². The van der Waals surface area contributed by atoms with E-state index in [1.165, 1.54) is 18.1 Å². The van der Waals surface area contributed by atoms with E-state index in [2.05, 4.69) is 11.4 Å². The fourth-order valence-electron chi connectivity index (χ4n) is 2.75. The Morgan fingerprint density at radius 1 is 1.13 bits per heavy atom. The maximum Gasteiger partial charge on any atom is 0.322 e. The van der Waals surface area contributed by atoms with Crippen molar-refractivity contribution in [2.45, 2.75) is 19.9 Å². The van der Waals surface area contributed by atoms with Gasteiger partial charge in [-0.2, -0.15) is 0 Å². The van der Waals surface area contributed by atoms with Crippen molar-refractivity contribution in [3.63, 3.8) is 0 Å². The molecule has 0 aromatic heterocycles. The molecule has 3 rings (SSSR count). The van der Waals surface area contributed by atoms with Crippen LogP contribution in [0.15, 0.2) is 42.5 Å². The molecule has 0 unspecified atom stereocenters. The van der Waals surface area contributed by atoms with Gasteiger partial charge in [-0.1, -0.05) is 35.9 Å². The molecule has 0 spiro atoms. The summed E-state index contributed by atoms with van der Waals surface area (Å²) in [7, 11) is 0. The predicted octanol–water partition coefficient (Wildman–Crippen LogP) is 4.13. The molecule has 0 fully saturated rings. The van der Waals surface area contributed by atoms with E-state index in [4.69, 9.17) is 11.6 Å². The van der Waals surface area contributed by atoms with Crippen molar-refractivity contribution in [3.05, 3.63) is 64.2 Å². The molecule has 118 valence electrons. The lowest BCUT2D eigenvalue weighted by Gasteiger charge is -2.29. The normalized spacial score (nSPS) is 13.4. The Kier molecular flexibility index (Phi) is 4.35. The second-order valence-electron chi connectivity index (χ2n) is 5.62. The zero-order valence-corrected chi connectivity index (χ0v) is 13.6. The van der Waals surface area contributed by atoms with Crippen molar-refractivity contribution in [1.29, 1.82) is 0 Å². The van der Waals surface area contributed by atoms with E-state index in [9.17, 15) is 9.59 Å². The first kappa shape index (κ1) is 15.6. The van der Waals surface area contributed by atoms with Crippen molar-refractivity contribution in [1.82, 2.24) is 4.90 Å². The number of nitrogens with zero attached hydrogens (tertiary/aromatic N) is 1. The first-order valence-electron chi connectivity index (χ1n) is 7.48. The summed E-state index contributed by atoms with van der Waals surface area (Å²) >= 11 is 6.07. The number of amides is 2. The average molecular weight is 329 g/mol. The Balaban J connectivity index is 1.71. The van der Waals surface area contributed by atoms with Crippen molar-refractivity contribution in [3.8, 4) is 0 Å². The van der Waals surface area contributed by atoms with Gasteiger partial charge in [0.15, 0.2) is 5.78 Å². The minimum absolute atomic E-state index is 0.0967. The number of Topliss-reactive ketones (excluding diaryl/α,β-unsaturated/α-hetero) is 1. The number of halogens is 1. The van der Waals surface area contributed by atoms with Crippen LogP contribution in [0.25, 0.3) is 0 Å². The SMILES string of the molecule is CC(=O)c1ccc(NC(=O)N2CCc3ccccc3C2)cc1Cl. The van der Waals surface area contributed by atoms with Gasteiger partial charge in [-0.15, -0.1) is 0 Å². The van der Waals surface area contributed by atoms with Crippen LogP contribution in [-0.2, 0) is 13.0 Å². The van der Waals surface area contributed by atoms with Crippen LogP contribution in [0, 0.1) is 0 Å². The molecule has 0 saturated carbocycles. The minimum atomic E-state index is -0.161. The molecule has 1 heterocycles. The Morgan fingerprint density at radius 3 is 2.57 bits per heavy atom. The molecular weight excluding hydrogens is 312 g/mol. The van der Waals surface area contributed by atoms with Crippen LogP contribution >= 0.6 is 11.6 Å². The van der Waals surface area contributed by atoms with Gasteiger partial charge >= 0.3 is 6.03 Å². The second kappa shape index (κ2) is 6.42. The topological polar surface area (TPSA) is 49.4 Å². The first-order chi connectivity index (χ1) is 11.0. The Labute approximate surface area is 140 Å². The van der Waals surface area contributed by atoms with E-state index in [1.54, 1.807) is 23.1 Å². The van der Waals surface area contributed by atoms with Crippen molar-refractivity contribution in [2.75, 3.05) is 11.9 Å². The van der Waals surface area contributed by atoms with Crippen LogP contribution in [-0.4, -0.2) is 23.3 Å². The summed E-state index contributed by atoms with van der Waals surface area (Å²) in [6.07, 6.45) is 0.855. The fraction of sp³-hybridized carbons (Fsp3) is 0.222. The number of anilines is 1. The zero-order chi connectivity index (χ0) is 16.4. The third-order valence-electron chi connectivity index (χ3n) is 4.02. The van der Waals surface area contributed by atoms with Crippen LogP contribution < -0.4 is 5.32 Å². The second-order valence-corrected chi connectivity index (χ2v) is 6.03. The number of fused-ring (bicyclic) bond motifs is 1. The van der Waals surface area contributed by atoms with Crippen LogP contribution in [0.2, 0.25) is 5.02 Å². The van der Waals surface area contributed by atoms with Crippen LogP contribution in [0.1, 0.15) is 28.4 Å². The van der Waals surface area contributed by atoms with Gasteiger partial charge in [0.1, 0.15) is 0 Å². The molecule has 0 saturated heterocycles. The maximum atomic E-state index is 12.4. The highest BCUT2D eigenvalue weighted by Gasteiger charge is 2.20. The quantitative estimate of drug-likeness (QED) is 0.842. The monoisotopic (exact) mass is 328 g/mol. The highest BCUT2D eigenvalue weighted by Crippen LogP contribution is 2.23. The van der Waals surface area contributed by atoms with E-state index in [0.717, 1.165) is 6.42 Å². The van der Waals surface area contributed by atoms with Gasteiger partial charge < -0.3 is 10.2 Å². The van der Waals surface area contributed by atoms with Gasteiger partial charge in [0.25, 0.3) is 0 Å². The standard InChI is InChI=1S/C18H17ClN2O2/c1-12(22)16-7-6-15(10-17(16)19)20-18(23)21-9-8-13-4-2-3-5-14(13)11-21/h2-7,10H,8-9,11H2,1H3,(H,20,23). The summed E-state index contributed by atoms with van der Waals surface area (Å²) in [4.78, 5) is 25.6. The van der Waals surface area contributed by atoms with Crippen molar-refractivity contribution in [2.24, 2.45) is 0 Å². The number of hydrogen-bond donors (Lipinski definition) is 1. The Bertz CT molecular complexity index is 773. The van der Waals surface area contributed by atoms with E-state index >= 15 is 0 Å². The number of ketones is 1. The predicted molar refractivity (Wildman–Crippen MR) is 91.0 cm³/mol. The number of hydrogen-bond acceptors (Lipinski definition) is 2. The average Bonchev–Trinajstić information content (AvgIpc) is 2.54. The van der Waals surface area contributed by atoms with Crippen LogP contribution in [0.4, 0.5) is 10.5 Å². The van der Waals surface area contributed by atoms with Crippen molar-refractivity contribution < 1.29 is 9.59 Å².